The van der Waals surface area contributed by atoms with Crippen LogP contribution >= 0.6 is 11.3 Å². The maximum absolute atomic E-state index is 14.8. The summed E-state index contributed by atoms with van der Waals surface area (Å²) in [6.45, 7) is 2.35. The van der Waals surface area contributed by atoms with E-state index in [0.717, 1.165) is 17.8 Å². The number of halogens is 1. The molecule has 0 saturated heterocycles. The van der Waals surface area contributed by atoms with Crippen molar-refractivity contribution in [2.24, 2.45) is 0 Å². The molecule has 0 fully saturated rings. The maximum atomic E-state index is 14.8. The predicted molar refractivity (Wildman–Crippen MR) is 161 cm³/mol. The van der Waals surface area contributed by atoms with Gasteiger partial charge in [-0.05, 0) is 53.6 Å². The van der Waals surface area contributed by atoms with Crippen molar-refractivity contribution >= 4 is 44.2 Å². The Bertz CT molecular complexity index is 2010. The van der Waals surface area contributed by atoms with Gasteiger partial charge in [0.05, 0.1) is 7.11 Å². The molecule has 0 aliphatic heterocycles. The fourth-order valence-electron chi connectivity index (χ4n) is 4.75. The molecule has 5 aromatic rings. The smallest absolute Gasteiger partial charge is 0.349 e. The SMILES string of the molecule is CCCCn1c(=O)[nH]c(=O)c2[nH]c(C(Cc3ccccc3F)c3ccc(NS(=O)(=O)c4ccsc4C(=O)OC)cc3)nc21. The van der Waals surface area contributed by atoms with Gasteiger partial charge in [-0.15, -0.1) is 11.3 Å². The van der Waals surface area contributed by atoms with E-state index in [2.05, 4.69) is 24.4 Å². The number of aryl methyl sites for hydroxylation is 1. The van der Waals surface area contributed by atoms with Gasteiger partial charge in [-0.25, -0.2) is 27.4 Å². The largest absolute Gasteiger partial charge is 0.465 e. The number of hydrogen-bond acceptors (Lipinski definition) is 8. The van der Waals surface area contributed by atoms with Crippen molar-refractivity contribution in [3.05, 3.63) is 108 Å². The van der Waals surface area contributed by atoms with Gasteiger partial charge in [0.2, 0.25) is 0 Å². The summed E-state index contributed by atoms with van der Waals surface area (Å²) in [4.78, 5) is 47.1. The van der Waals surface area contributed by atoms with Crippen LogP contribution in [0.1, 0.15) is 52.3 Å². The second-order valence-electron chi connectivity index (χ2n) is 9.77. The number of aromatic nitrogens is 4. The molecule has 0 radical (unpaired) electrons. The number of methoxy groups -OCH3 is 1. The Hall–Kier alpha value is -4.56. The van der Waals surface area contributed by atoms with Crippen LogP contribution in [-0.2, 0) is 27.7 Å². The third-order valence-electron chi connectivity index (χ3n) is 6.95. The molecule has 2 aromatic carbocycles. The number of esters is 1. The number of hydrogen-bond donors (Lipinski definition) is 3. The van der Waals surface area contributed by atoms with Crippen molar-refractivity contribution in [3.63, 3.8) is 0 Å². The lowest BCUT2D eigenvalue weighted by molar-refractivity contribution is 0.0602. The average molecular weight is 626 g/mol. The summed E-state index contributed by atoms with van der Waals surface area (Å²) in [5.74, 6) is -1.42. The Labute approximate surface area is 249 Å². The van der Waals surface area contributed by atoms with E-state index in [4.69, 9.17) is 0 Å². The summed E-state index contributed by atoms with van der Waals surface area (Å²) in [6.07, 6.45) is 1.69. The predicted octanol–water partition coefficient (Wildman–Crippen LogP) is 4.38. The molecule has 3 heterocycles. The number of unbranched alkanes of at least 4 members (excludes halogenated alkanes) is 1. The minimum atomic E-state index is -4.11. The number of carbonyl (C=O) groups is 1. The third kappa shape index (κ3) is 6.15. The summed E-state index contributed by atoms with van der Waals surface area (Å²) >= 11 is 0.954. The molecule has 0 bridgehead atoms. The Morgan fingerprint density at radius 3 is 2.56 bits per heavy atom. The summed E-state index contributed by atoms with van der Waals surface area (Å²) in [5.41, 5.74) is 0.443. The molecule has 5 rings (SSSR count). The highest BCUT2D eigenvalue weighted by Crippen LogP contribution is 2.31. The van der Waals surface area contributed by atoms with Crippen LogP contribution in [0.2, 0.25) is 0 Å². The van der Waals surface area contributed by atoms with Crippen LogP contribution in [0.25, 0.3) is 11.2 Å². The first kappa shape index (κ1) is 29.9. The number of aromatic amines is 2. The lowest BCUT2D eigenvalue weighted by Crippen LogP contribution is -2.30. The van der Waals surface area contributed by atoms with Crippen molar-refractivity contribution in [3.8, 4) is 0 Å². The normalized spacial score (nSPS) is 12.3. The third-order valence-corrected chi connectivity index (χ3v) is 9.40. The van der Waals surface area contributed by atoms with Crippen LogP contribution in [0.4, 0.5) is 10.1 Å². The summed E-state index contributed by atoms with van der Waals surface area (Å²) in [5, 5.41) is 1.48. The van der Waals surface area contributed by atoms with E-state index < -0.39 is 39.0 Å². The molecular formula is C29H28FN5O6S2. The first-order valence-corrected chi connectivity index (χ1v) is 15.7. The number of carbonyl (C=O) groups excluding carboxylic acids is 1. The fraction of sp³-hybridized carbons (Fsp3) is 0.241. The van der Waals surface area contributed by atoms with Crippen molar-refractivity contribution in [1.82, 2.24) is 19.5 Å². The van der Waals surface area contributed by atoms with E-state index in [-0.39, 0.29) is 33.0 Å². The molecule has 11 nitrogen and oxygen atoms in total. The van der Waals surface area contributed by atoms with E-state index in [9.17, 15) is 27.2 Å². The molecule has 3 aromatic heterocycles. The van der Waals surface area contributed by atoms with Gasteiger partial charge in [-0.3, -0.25) is 19.1 Å². The number of fused-ring (bicyclic) bond motifs is 1. The second-order valence-corrected chi connectivity index (χ2v) is 12.3. The minimum Gasteiger partial charge on any atom is -0.465 e. The Balaban J connectivity index is 1.54. The minimum absolute atomic E-state index is 0.0474. The standard InChI is InChI=1S/C29H28FN5O6S2/c1-3-4-14-35-26-23(27(36)33-29(35)38)31-25(32-26)20(16-18-7-5-6-8-21(18)30)17-9-11-19(12-10-17)34-43(39,40)22-13-15-42-24(22)28(37)41-2/h5-13,15,20,34H,3-4,14,16H2,1-2H3,(H,31,32)(H,33,36,38). The number of ether oxygens (including phenoxy) is 1. The Morgan fingerprint density at radius 2 is 1.86 bits per heavy atom. The molecule has 1 unspecified atom stereocenters. The van der Waals surface area contributed by atoms with Crippen LogP contribution in [-0.4, -0.2) is 41.0 Å². The molecule has 0 saturated carbocycles. The number of thiophene rings is 1. The van der Waals surface area contributed by atoms with E-state index in [0.29, 0.717) is 29.9 Å². The molecule has 1 atom stereocenters. The zero-order valence-corrected chi connectivity index (χ0v) is 24.9. The second kappa shape index (κ2) is 12.4. The molecule has 0 spiro atoms. The van der Waals surface area contributed by atoms with Crippen LogP contribution in [0.5, 0.6) is 0 Å². The Kier molecular flexibility index (Phi) is 8.59. The molecule has 43 heavy (non-hydrogen) atoms. The number of sulfonamides is 1. The summed E-state index contributed by atoms with van der Waals surface area (Å²) in [7, 11) is -2.94. The topological polar surface area (TPSA) is 156 Å². The van der Waals surface area contributed by atoms with Crippen LogP contribution in [0.15, 0.2) is 74.5 Å². The van der Waals surface area contributed by atoms with Gasteiger partial charge in [0.25, 0.3) is 15.6 Å². The highest BCUT2D eigenvalue weighted by molar-refractivity contribution is 7.93. The fourth-order valence-corrected chi connectivity index (χ4v) is 7.14. The van der Waals surface area contributed by atoms with Gasteiger partial charge in [0, 0.05) is 18.2 Å². The van der Waals surface area contributed by atoms with Crippen molar-refractivity contribution in [1.29, 1.82) is 0 Å². The number of anilines is 1. The van der Waals surface area contributed by atoms with Crippen molar-refractivity contribution in [2.45, 2.75) is 43.5 Å². The molecule has 0 amide bonds. The molecule has 3 N–H and O–H groups in total. The number of nitrogens with one attached hydrogen (secondary N) is 3. The van der Waals surface area contributed by atoms with Crippen LogP contribution in [0, 0.1) is 5.82 Å². The number of imidazole rings is 1. The number of nitrogens with zero attached hydrogens (tertiary/aromatic N) is 2. The number of rotatable bonds is 11. The molecule has 224 valence electrons. The first-order chi connectivity index (χ1) is 20.6. The number of H-pyrrole nitrogens is 2. The molecular weight excluding hydrogens is 597 g/mol. The summed E-state index contributed by atoms with van der Waals surface area (Å²) < 4.78 is 49.5. The first-order valence-electron chi connectivity index (χ1n) is 13.4. The van der Waals surface area contributed by atoms with Gasteiger partial charge in [0.15, 0.2) is 5.65 Å². The summed E-state index contributed by atoms with van der Waals surface area (Å²) in [6, 6.07) is 14.0. The molecule has 0 aliphatic rings. The maximum Gasteiger partial charge on any atom is 0.349 e. The van der Waals surface area contributed by atoms with Crippen molar-refractivity contribution < 1.29 is 22.3 Å². The van der Waals surface area contributed by atoms with Gasteiger partial charge < -0.3 is 9.72 Å². The van der Waals surface area contributed by atoms with Gasteiger partial charge in [-0.2, -0.15) is 0 Å². The zero-order valence-electron chi connectivity index (χ0n) is 23.2. The van der Waals surface area contributed by atoms with Crippen LogP contribution < -0.4 is 16.0 Å². The van der Waals surface area contributed by atoms with E-state index in [1.54, 1.807) is 30.3 Å². The Morgan fingerprint density at radius 1 is 1.12 bits per heavy atom. The van der Waals surface area contributed by atoms with Gasteiger partial charge >= 0.3 is 11.7 Å². The highest BCUT2D eigenvalue weighted by Gasteiger charge is 2.26. The monoisotopic (exact) mass is 625 g/mol. The molecule has 14 heteroatoms. The quantitative estimate of drug-likeness (QED) is 0.184. The average Bonchev–Trinajstić information content (AvgIpc) is 3.66. The number of benzene rings is 2. The molecule has 0 aliphatic carbocycles. The zero-order chi connectivity index (χ0) is 30.7. The van der Waals surface area contributed by atoms with E-state index in [1.807, 2.05) is 6.92 Å². The lowest BCUT2D eigenvalue weighted by atomic mass is 9.91. The van der Waals surface area contributed by atoms with Gasteiger partial charge in [0.1, 0.15) is 26.9 Å². The van der Waals surface area contributed by atoms with Gasteiger partial charge in [-0.1, -0.05) is 43.7 Å². The highest BCUT2D eigenvalue weighted by atomic mass is 32.2. The van der Waals surface area contributed by atoms with E-state index >= 15 is 0 Å². The lowest BCUT2D eigenvalue weighted by Gasteiger charge is -2.17. The van der Waals surface area contributed by atoms with Crippen LogP contribution in [0.3, 0.4) is 0 Å². The van der Waals surface area contributed by atoms with Crippen molar-refractivity contribution in [2.75, 3.05) is 11.8 Å². The van der Waals surface area contributed by atoms with E-state index in [1.165, 1.54) is 41.3 Å².